The molecule has 1 aromatic carbocycles. The molecule has 1 saturated carbocycles. The van der Waals surface area contributed by atoms with E-state index in [-0.39, 0.29) is 0 Å². The zero-order valence-electron chi connectivity index (χ0n) is 18.2. The number of aliphatic imine (C=N–C) groups is 1. The number of ether oxygens (including phenoxy) is 2. The molecule has 2 N–H and O–H groups in total. The van der Waals surface area contributed by atoms with Crippen LogP contribution in [0.15, 0.2) is 29.3 Å². The highest BCUT2D eigenvalue weighted by molar-refractivity contribution is 5.79. The van der Waals surface area contributed by atoms with Crippen molar-refractivity contribution >= 4 is 5.96 Å². The molecule has 0 bridgehead atoms. The van der Waals surface area contributed by atoms with Crippen molar-refractivity contribution in [2.75, 3.05) is 53.6 Å². The largest absolute Gasteiger partial charge is 0.497 e. The summed E-state index contributed by atoms with van der Waals surface area (Å²) in [5.74, 6) is 2.60. The first-order valence-corrected chi connectivity index (χ1v) is 11.2. The van der Waals surface area contributed by atoms with Crippen molar-refractivity contribution < 1.29 is 9.47 Å². The molecule has 1 aliphatic carbocycles. The minimum absolute atomic E-state index is 0.335. The molecule has 0 radical (unpaired) electrons. The number of hydrogen-bond acceptors (Lipinski definition) is 4. The maximum Gasteiger partial charge on any atom is 0.191 e. The summed E-state index contributed by atoms with van der Waals surface area (Å²) < 4.78 is 11.0. The lowest BCUT2D eigenvalue weighted by Crippen LogP contribution is -2.44. The van der Waals surface area contributed by atoms with Crippen molar-refractivity contribution in [1.29, 1.82) is 0 Å². The van der Waals surface area contributed by atoms with Crippen LogP contribution in [0.5, 0.6) is 5.75 Å². The number of guanidine groups is 1. The van der Waals surface area contributed by atoms with Crippen molar-refractivity contribution in [3.8, 4) is 5.75 Å². The monoisotopic (exact) mass is 402 g/mol. The van der Waals surface area contributed by atoms with Gasteiger partial charge in [-0.1, -0.05) is 18.6 Å². The molecule has 1 saturated heterocycles. The predicted molar refractivity (Wildman–Crippen MR) is 119 cm³/mol. The Labute approximate surface area is 176 Å². The molecule has 2 aliphatic rings. The Balaban J connectivity index is 1.47. The molecule has 0 amide bonds. The number of rotatable bonds is 11. The van der Waals surface area contributed by atoms with Crippen LogP contribution in [0.2, 0.25) is 0 Å². The van der Waals surface area contributed by atoms with Crippen LogP contribution in [-0.2, 0) is 4.74 Å². The topological polar surface area (TPSA) is 58.1 Å². The Kier molecular flexibility index (Phi) is 9.09. The molecular weight excluding hydrogens is 364 g/mol. The van der Waals surface area contributed by atoms with Gasteiger partial charge in [0.05, 0.1) is 13.2 Å². The van der Waals surface area contributed by atoms with Crippen molar-refractivity contribution in [1.82, 2.24) is 15.5 Å². The van der Waals surface area contributed by atoms with Gasteiger partial charge in [0.15, 0.2) is 5.96 Å². The SMILES string of the molecule is CN=C(NCCCOCC1CC1)NCC(c1ccc(OC)cc1)N1CCCCC1. The Morgan fingerprint density at radius 1 is 1.14 bits per heavy atom. The zero-order valence-corrected chi connectivity index (χ0v) is 18.2. The molecule has 2 fully saturated rings. The molecule has 29 heavy (non-hydrogen) atoms. The van der Waals surface area contributed by atoms with Crippen molar-refractivity contribution in [2.24, 2.45) is 10.9 Å². The second kappa shape index (κ2) is 12.0. The third-order valence-corrected chi connectivity index (χ3v) is 5.83. The van der Waals surface area contributed by atoms with Gasteiger partial charge in [-0.2, -0.15) is 0 Å². The molecule has 6 heteroatoms. The molecule has 3 rings (SSSR count). The highest BCUT2D eigenvalue weighted by Gasteiger charge is 2.23. The van der Waals surface area contributed by atoms with Crippen LogP contribution in [0.4, 0.5) is 0 Å². The second-order valence-electron chi connectivity index (χ2n) is 8.14. The van der Waals surface area contributed by atoms with Gasteiger partial charge in [0.1, 0.15) is 5.75 Å². The summed E-state index contributed by atoms with van der Waals surface area (Å²) in [5, 5.41) is 6.96. The van der Waals surface area contributed by atoms with Gasteiger partial charge in [-0.25, -0.2) is 0 Å². The van der Waals surface area contributed by atoms with Gasteiger partial charge in [0.25, 0.3) is 0 Å². The Hall–Kier alpha value is -1.79. The van der Waals surface area contributed by atoms with Gasteiger partial charge in [-0.15, -0.1) is 0 Å². The second-order valence-corrected chi connectivity index (χ2v) is 8.14. The summed E-state index contributed by atoms with van der Waals surface area (Å²) >= 11 is 0. The van der Waals surface area contributed by atoms with E-state index in [9.17, 15) is 0 Å². The lowest BCUT2D eigenvalue weighted by molar-refractivity contribution is 0.123. The summed E-state index contributed by atoms with van der Waals surface area (Å²) in [4.78, 5) is 6.99. The third-order valence-electron chi connectivity index (χ3n) is 5.83. The molecule has 1 atom stereocenters. The van der Waals surface area contributed by atoms with Crippen LogP contribution in [0.1, 0.15) is 50.1 Å². The molecule has 162 valence electrons. The number of nitrogens with one attached hydrogen (secondary N) is 2. The maximum atomic E-state index is 5.71. The highest BCUT2D eigenvalue weighted by Crippen LogP contribution is 2.28. The quantitative estimate of drug-likeness (QED) is 0.338. The van der Waals surface area contributed by atoms with Gasteiger partial charge in [-0.3, -0.25) is 9.89 Å². The Morgan fingerprint density at radius 2 is 1.90 bits per heavy atom. The molecule has 0 aromatic heterocycles. The number of hydrogen-bond donors (Lipinski definition) is 2. The minimum Gasteiger partial charge on any atom is -0.497 e. The summed E-state index contributed by atoms with van der Waals surface area (Å²) in [7, 11) is 3.55. The molecule has 1 aromatic rings. The van der Waals surface area contributed by atoms with Gasteiger partial charge >= 0.3 is 0 Å². The highest BCUT2D eigenvalue weighted by atomic mass is 16.5. The van der Waals surface area contributed by atoms with Crippen molar-refractivity contribution in [3.05, 3.63) is 29.8 Å². The van der Waals surface area contributed by atoms with Crippen molar-refractivity contribution in [2.45, 2.75) is 44.6 Å². The van der Waals surface area contributed by atoms with Crippen molar-refractivity contribution in [3.63, 3.8) is 0 Å². The fraction of sp³-hybridized carbons (Fsp3) is 0.696. The van der Waals surface area contributed by atoms with E-state index in [0.29, 0.717) is 6.04 Å². The summed E-state index contributed by atoms with van der Waals surface area (Å²) in [6, 6.07) is 8.82. The standard InChI is InChI=1S/C23H38N4O2/c1-24-23(25-13-6-16-29-18-19-7-8-19)26-17-22(27-14-4-3-5-15-27)20-9-11-21(28-2)12-10-20/h9-12,19,22H,3-8,13-18H2,1-2H3,(H2,24,25,26). The van der Waals surface area contributed by atoms with Gasteiger partial charge in [0.2, 0.25) is 0 Å². The van der Waals surface area contributed by atoms with E-state index < -0.39 is 0 Å². The van der Waals surface area contributed by atoms with E-state index in [0.717, 1.165) is 63.4 Å². The first kappa shape index (κ1) is 21.9. The number of methoxy groups -OCH3 is 1. The first-order chi connectivity index (χ1) is 14.3. The fourth-order valence-corrected chi connectivity index (χ4v) is 3.84. The zero-order chi connectivity index (χ0) is 20.3. The van der Waals surface area contributed by atoms with Crippen LogP contribution < -0.4 is 15.4 Å². The average Bonchev–Trinajstić information content (AvgIpc) is 3.60. The fourth-order valence-electron chi connectivity index (χ4n) is 3.84. The lowest BCUT2D eigenvalue weighted by atomic mass is 10.0. The van der Waals surface area contributed by atoms with Crippen LogP contribution in [0, 0.1) is 5.92 Å². The van der Waals surface area contributed by atoms with E-state index in [1.807, 2.05) is 7.05 Å². The van der Waals surface area contributed by atoms with Crippen LogP contribution in [-0.4, -0.2) is 64.4 Å². The summed E-state index contributed by atoms with van der Waals surface area (Å²) in [6.45, 7) is 5.78. The molecule has 1 heterocycles. The van der Waals surface area contributed by atoms with Gasteiger partial charge < -0.3 is 20.1 Å². The Morgan fingerprint density at radius 3 is 2.55 bits per heavy atom. The van der Waals surface area contributed by atoms with E-state index in [2.05, 4.69) is 44.8 Å². The van der Waals surface area contributed by atoms with E-state index in [1.54, 1.807) is 7.11 Å². The molecule has 1 aliphatic heterocycles. The summed E-state index contributed by atoms with van der Waals surface area (Å²) in [6.07, 6.45) is 7.59. The summed E-state index contributed by atoms with van der Waals surface area (Å²) in [5.41, 5.74) is 1.32. The first-order valence-electron chi connectivity index (χ1n) is 11.2. The average molecular weight is 403 g/mol. The van der Waals surface area contributed by atoms with E-state index >= 15 is 0 Å². The molecule has 0 spiro atoms. The van der Waals surface area contributed by atoms with Crippen LogP contribution in [0.3, 0.4) is 0 Å². The number of benzene rings is 1. The smallest absolute Gasteiger partial charge is 0.191 e. The van der Waals surface area contributed by atoms with Gasteiger partial charge in [0, 0.05) is 33.4 Å². The number of piperidine rings is 1. The predicted octanol–water partition coefficient (Wildman–Crippen LogP) is 3.20. The normalized spacial score (nSPS) is 19.0. The molecular formula is C23H38N4O2. The molecule has 6 nitrogen and oxygen atoms in total. The third kappa shape index (κ3) is 7.52. The minimum atomic E-state index is 0.335. The molecule has 1 unspecified atom stereocenters. The van der Waals surface area contributed by atoms with Crippen LogP contribution in [0.25, 0.3) is 0 Å². The number of likely N-dealkylation sites (tertiary alicyclic amines) is 1. The Bertz CT molecular complexity index is 610. The lowest BCUT2D eigenvalue weighted by Gasteiger charge is -2.35. The van der Waals surface area contributed by atoms with Gasteiger partial charge in [-0.05, 0) is 68.8 Å². The number of nitrogens with zero attached hydrogens (tertiary/aromatic N) is 2. The van der Waals surface area contributed by atoms with E-state index in [4.69, 9.17) is 9.47 Å². The van der Waals surface area contributed by atoms with E-state index in [1.165, 1.54) is 37.7 Å². The van der Waals surface area contributed by atoms with Crippen LogP contribution >= 0.6 is 0 Å². The maximum absolute atomic E-state index is 5.71.